The molecule has 0 radical (unpaired) electrons. The number of carbonyl (C=O) groups is 1. The van der Waals surface area contributed by atoms with Gasteiger partial charge in [-0.15, -0.1) is 0 Å². The predicted octanol–water partition coefficient (Wildman–Crippen LogP) is 5.17. The van der Waals surface area contributed by atoms with Crippen LogP contribution in [0.2, 0.25) is 0 Å². The third kappa shape index (κ3) is 5.88. The van der Waals surface area contributed by atoms with E-state index in [2.05, 4.69) is 0 Å². The largest absolute Gasteiger partial charge is 0.490 e. The van der Waals surface area contributed by atoms with Gasteiger partial charge in [-0.2, -0.15) is 0 Å². The number of hydrogen-bond acceptors (Lipinski definition) is 5. The molecule has 9 heteroatoms. The summed E-state index contributed by atoms with van der Waals surface area (Å²) in [6.45, 7) is 0.314. The molecule has 39 heavy (non-hydrogen) atoms. The van der Waals surface area contributed by atoms with Crippen molar-refractivity contribution >= 4 is 15.9 Å². The number of nitrogens with zero attached hydrogens (tertiary/aromatic N) is 2. The van der Waals surface area contributed by atoms with Gasteiger partial charge in [-0.05, 0) is 47.0 Å². The number of pyridine rings is 1. The SMILES string of the molecule is CS(=O)(=O)c1ccc(-n2ccc(OC3CCN(C(=O)O)C(c4ccc(-c5ccccc5)cc4)C3)cc2=O)cc1. The highest BCUT2D eigenvalue weighted by molar-refractivity contribution is 7.90. The Morgan fingerprint density at radius 3 is 2.21 bits per heavy atom. The van der Waals surface area contributed by atoms with Crippen molar-refractivity contribution in [1.29, 1.82) is 0 Å². The van der Waals surface area contributed by atoms with E-state index < -0.39 is 15.9 Å². The van der Waals surface area contributed by atoms with Gasteiger partial charge in [-0.25, -0.2) is 13.2 Å². The van der Waals surface area contributed by atoms with E-state index in [9.17, 15) is 23.1 Å². The van der Waals surface area contributed by atoms with E-state index in [0.29, 0.717) is 30.8 Å². The lowest BCUT2D eigenvalue weighted by Gasteiger charge is -2.38. The summed E-state index contributed by atoms with van der Waals surface area (Å²) in [6, 6.07) is 26.7. The van der Waals surface area contributed by atoms with E-state index >= 15 is 0 Å². The van der Waals surface area contributed by atoms with Gasteiger partial charge < -0.3 is 14.7 Å². The zero-order valence-corrected chi connectivity index (χ0v) is 22.1. The molecule has 0 spiro atoms. The number of carboxylic acid groups (broad SMARTS) is 1. The molecule has 200 valence electrons. The fourth-order valence-corrected chi connectivity index (χ4v) is 5.54. The van der Waals surface area contributed by atoms with Gasteiger partial charge in [0.1, 0.15) is 11.9 Å². The number of benzene rings is 3. The number of likely N-dealkylation sites (tertiary alicyclic amines) is 1. The first-order valence-electron chi connectivity index (χ1n) is 12.5. The Hall–Kier alpha value is -4.37. The molecule has 2 heterocycles. The van der Waals surface area contributed by atoms with Gasteiger partial charge in [0.2, 0.25) is 0 Å². The zero-order valence-electron chi connectivity index (χ0n) is 21.3. The Labute approximate surface area is 226 Å². The third-order valence-electron chi connectivity index (χ3n) is 6.94. The quantitative estimate of drug-likeness (QED) is 0.359. The summed E-state index contributed by atoms with van der Waals surface area (Å²) >= 11 is 0. The Morgan fingerprint density at radius 2 is 1.59 bits per heavy atom. The minimum Gasteiger partial charge on any atom is -0.490 e. The summed E-state index contributed by atoms with van der Waals surface area (Å²) in [5.41, 5.74) is 3.24. The zero-order chi connectivity index (χ0) is 27.6. The van der Waals surface area contributed by atoms with E-state index in [0.717, 1.165) is 22.9 Å². The van der Waals surface area contributed by atoms with E-state index in [1.54, 1.807) is 24.4 Å². The molecule has 1 amide bonds. The minimum atomic E-state index is -3.33. The average molecular weight is 545 g/mol. The Bertz CT molecular complexity index is 1630. The van der Waals surface area contributed by atoms with Gasteiger partial charge in [0.15, 0.2) is 9.84 Å². The van der Waals surface area contributed by atoms with Crippen LogP contribution in [0.4, 0.5) is 4.79 Å². The third-order valence-corrected chi connectivity index (χ3v) is 8.07. The molecule has 1 aliphatic rings. The molecule has 2 atom stereocenters. The second kappa shape index (κ2) is 10.8. The molecule has 8 nitrogen and oxygen atoms in total. The lowest BCUT2D eigenvalue weighted by atomic mass is 9.92. The van der Waals surface area contributed by atoms with Crippen LogP contribution in [0.3, 0.4) is 0 Å². The van der Waals surface area contributed by atoms with Gasteiger partial charge in [0.25, 0.3) is 5.56 Å². The maximum atomic E-state index is 12.8. The second-order valence-electron chi connectivity index (χ2n) is 9.58. The average Bonchev–Trinajstić information content (AvgIpc) is 2.93. The van der Waals surface area contributed by atoms with Crippen molar-refractivity contribution in [3.05, 3.63) is 113 Å². The van der Waals surface area contributed by atoms with E-state index in [-0.39, 0.29) is 22.6 Å². The molecule has 5 rings (SSSR count). The van der Waals surface area contributed by atoms with E-state index in [4.69, 9.17) is 4.74 Å². The molecule has 1 aliphatic heterocycles. The summed E-state index contributed by atoms with van der Waals surface area (Å²) in [4.78, 5) is 26.4. The van der Waals surface area contributed by atoms with Crippen LogP contribution in [0.25, 0.3) is 16.8 Å². The fraction of sp³-hybridized carbons (Fsp3) is 0.200. The monoisotopic (exact) mass is 544 g/mol. The van der Waals surface area contributed by atoms with Crippen LogP contribution in [-0.2, 0) is 9.84 Å². The Morgan fingerprint density at radius 1 is 0.923 bits per heavy atom. The predicted molar refractivity (Wildman–Crippen MR) is 148 cm³/mol. The first kappa shape index (κ1) is 26.2. The highest BCUT2D eigenvalue weighted by Gasteiger charge is 2.33. The van der Waals surface area contributed by atoms with Crippen LogP contribution < -0.4 is 10.3 Å². The molecular formula is C30H28N2O6S. The Balaban J connectivity index is 1.32. The van der Waals surface area contributed by atoms with E-state index in [1.165, 1.54) is 27.7 Å². The summed E-state index contributed by atoms with van der Waals surface area (Å²) < 4.78 is 31.0. The van der Waals surface area contributed by atoms with Crippen molar-refractivity contribution in [2.75, 3.05) is 12.8 Å². The van der Waals surface area contributed by atoms with Gasteiger partial charge in [-0.1, -0.05) is 54.6 Å². The summed E-state index contributed by atoms with van der Waals surface area (Å²) in [5.74, 6) is 0.399. The maximum Gasteiger partial charge on any atom is 0.407 e. The second-order valence-corrected chi connectivity index (χ2v) is 11.6. The van der Waals surface area contributed by atoms with Crippen molar-refractivity contribution in [2.45, 2.75) is 29.9 Å². The van der Waals surface area contributed by atoms with Crippen LogP contribution in [0.5, 0.6) is 5.75 Å². The number of sulfone groups is 1. The molecule has 3 aromatic carbocycles. The number of ether oxygens (including phenoxy) is 1. The van der Waals surface area contributed by atoms with E-state index in [1.807, 2.05) is 54.6 Å². The van der Waals surface area contributed by atoms with Crippen LogP contribution >= 0.6 is 0 Å². The van der Waals surface area contributed by atoms with Gasteiger partial charge in [-0.3, -0.25) is 9.36 Å². The summed E-state index contributed by atoms with van der Waals surface area (Å²) in [7, 11) is -3.33. The molecule has 4 aromatic rings. The summed E-state index contributed by atoms with van der Waals surface area (Å²) in [6.07, 6.45) is 2.41. The first-order valence-corrected chi connectivity index (χ1v) is 14.4. The smallest absolute Gasteiger partial charge is 0.407 e. The summed E-state index contributed by atoms with van der Waals surface area (Å²) in [5, 5.41) is 9.82. The number of rotatable bonds is 6. The molecule has 0 aliphatic carbocycles. The van der Waals surface area contributed by atoms with Gasteiger partial charge in [0.05, 0.1) is 10.9 Å². The molecule has 1 fully saturated rings. The molecule has 1 saturated heterocycles. The molecule has 1 N–H and O–H groups in total. The number of amides is 1. The van der Waals surface area contributed by atoms with Crippen LogP contribution in [-0.4, -0.2) is 48.0 Å². The standard InChI is InChI=1S/C30H28N2O6S/c1-39(36,37)27-13-11-24(12-14-27)31-17-15-26(20-29(31)33)38-25-16-18-32(30(34)35)28(19-25)23-9-7-22(8-10-23)21-5-3-2-4-6-21/h2-15,17,20,25,28H,16,18-19H2,1H3,(H,34,35). The lowest BCUT2D eigenvalue weighted by Crippen LogP contribution is -2.43. The molecule has 0 bridgehead atoms. The minimum absolute atomic E-state index is 0.177. The lowest BCUT2D eigenvalue weighted by molar-refractivity contribution is 0.0539. The van der Waals surface area contributed by atoms with Gasteiger partial charge in [0, 0.05) is 43.6 Å². The van der Waals surface area contributed by atoms with Crippen molar-refractivity contribution in [3.8, 4) is 22.6 Å². The topological polar surface area (TPSA) is 106 Å². The Kier molecular flexibility index (Phi) is 7.26. The number of piperidine rings is 1. The number of aromatic nitrogens is 1. The number of hydrogen-bond donors (Lipinski definition) is 1. The maximum absolute atomic E-state index is 12.8. The van der Waals surface area contributed by atoms with Gasteiger partial charge >= 0.3 is 6.09 Å². The van der Waals surface area contributed by atoms with Crippen LogP contribution in [0.15, 0.2) is 107 Å². The normalized spacial score (nSPS) is 17.5. The van der Waals surface area contributed by atoms with Crippen LogP contribution in [0, 0.1) is 0 Å². The van der Waals surface area contributed by atoms with Crippen molar-refractivity contribution in [1.82, 2.24) is 9.47 Å². The first-order chi connectivity index (χ1) is 18.7. The highest BCUT2D eigenvalue weighted by atomic mass is 32.2. The highest BCUT2D eigenvalue weighted by Crippen LogP contribution is 2.34. The molecule has 1 aromatic heterocycles. The van der Waals surface area contributed by atoms with Crippen molar-refractivity contribution < 1.29 is 23.1 Å². The molecular weight excluding hydrogens is 516 g/mol. The van der Waals surface area contributed by atoms with Crippen molar-refractivity contribution in [3.63, 3.8) is 0 Å². The van der Waals surface area contributed by atoms with Crippen LogP contribution in [0.1, 0.15) is 24.4 Å². The van der Waals surface area contributed by atoms with Crippen molar-refractivity contribution in [2.24, 2.45) is 0 Å². The fourth-order valence-electron chi connectivity index (χ4n) is 4.91. The molecule has 2 unspecified atom stereocenters. The molecule has 0 saturated carbocycles.